The van der Waals surface area contributed by atoms with Crippen LogP contribution in [0.2, 0.25) is 4.34 Å². The van der Waals surface area contributed by atoms with E-state index in [1.165, 1.54) is 11.3 Å². The van der Waals surface area contributed by atoms with Gasteiger partial charge in [0.25, 0.3) is 0 Å². The molecule has 0 N–H and O–H groups in total. The lowest BCUT2D eigenvalue weighted by atomic mass is 10.2. The second-order valence-corrected chi connectivity index (χ2v) is 5.46. The Labute approximate surface area is 106 Å². The van der Waals surface area contributed by atoms with E-state index in [0.717, 1.165) is 21.2 Å². The van der Waals surface area contributed by atoms with E-state index in [-0.39, 0.29) is 5.91 Å². The summed E-state index contributed by atoms with van der Waals surface area (Å²) in [5, 5.41) is 0. The van der Waals surface area contributed by atoms with E-state index in [0.29, 0.717) is 6.54 Å². The van der Waals surface area contributed by atoms with Gasteiger partial charge in [-0.3, -0.25) is 4.79 Å². The molecule has 0 unspecified atom stereocenters. The number of hydrogen-bond acceptors (Lipinski definition) is 2. The molecule has 0 saturated heterocycles. The summed E-state index contributed by atoms with van der Waals surface area (Å²) in [7, 11) is 1.81. The van der Waals surface area contributed by atoms with E-state index in [9.17, 15) is 4.79 Å². The predicted molar refractivity (Wildman–Crippen MR) is 69.9 cm³/mol. The van der Waals surface area contributed by atoms with Crippen LogP contribution in [0.25, 0.3) is 0 Å². The Morgan fingerprint density at radius 3 is 2.75 bits per heavy atom. The van der Waals surface area contributed by atoms with E-state index in [4.69, 9.17) is 11.6 Å². The average molecular weight is 258 g/mol. The zero-order chi connectivity index (χ0) is 12.1. The fraction of sp³-hybridized carbons (Fsp3) is 0.417. The van der Waals surface area contributed by atoms with Crippen molar-refractivity contribution in [2.24, 2.45) is 0 Å². The van der Waals surface area contributed by atoms with Gasteiger partial charge in [0, 0.05) is 17.5 Å². The molecule has 2 nitrogen and oxygen atoms in total. The maximum atomic E-state index is 11.9. The first kappa shape index (κ1) is 13.3. The van der Waals surface area contributed by atoms with Crippen LogP contribution in [0.15, 0.2) is 23.8 Å². The Bertz CT molecular complexity index is 397. The van der Waals surface area contributed by atoms with Crippen LogP contribution >= 0.6 is 22.9 Å². The van der Waals surface area contributed by atoms with Gasteiger partial charge in [0.05, 0.1) is 10.9 Å². The standard InChI is InChI=1S/C12H16ClNOS/c1-4-5-9(2)12(15)14(3)8-10-6-7-11(13)16-10/h5-7H,4,8H2,1-3H3/b9-5-. The van der Waals surface area contributed by atoms with Gasteiger partial charge in [0.2, 0.25) is 5.91 Å². The van der Waals surface area contributed by atoms with Crippen LogP contribution in [0.1, 0.15) is 25.1 Å². The highest BCUT2D eigenvalue weighted by Gasteiger charge is 2.11. The van der Waals surface area contributed by atoms with Crippen LogP contribution in [0, 0.1) is 0 Å². The Morgan fingerprint density at radius 2 is 2.25 bits per heavy atom. The summed E-state index contributed by atoms with van der Waals surface area (Å²) in [6.07, 6.45) is 2.83. The number of halogens is 1. The Hall–Kier alpha value is -0.800. The van der Waals surface area contributed by atoms with E-state index in [2.05, 4.69) is 0 Å². The van der Waals surface area contributed by atoms with E-state index in [1.807, 2.05) is 39.1 Å². The molecule has 16 heavy (non-hydrogen) atoms. The predicted octanol–water partition coefficient (Wildman–Crippen LogP) is 3.72. The fourth-order valence-electron chi connectivity index (χ4n) is 1.44. The molecular formula is C12H16ClNOS. The van der Waals surface area contributed by atoms with Gasteiger partial charge in [0.1, 0.15) is 0 Å². The molecule has 0 radical (unpaired) electrons. The molecule has 0 fully saturated rings. The SMILES string of the molecule is CC/C=C(/C)C(=O)N(C)Cc1ccc(Cl)s1. The molecule has 1 amide bonds. The first-order valence-corrected chi connectivity index (χ1v) is 6.40. The van der Waals surface area contributed by atoms with Gasteiger partial charge in [-0.1, -0.05) is 24.6 Å². The van der Waals surface area contributed by atoms with E-state index >= 15 is 0 Å². The van der Waals surface area contributed by atoms with Gasteiger partial charge in [-0.25, -0.2) is 0 Å². The summed E-state index contributed by atoms with van der Waals surface area (Å²) in [5.74, 6) is 0.0753. The number of carbonyl (C=O) groups excluding carboxylic acids is 1. The van der Waals surface area contributed by atoms with Gasteiger partial charge in [-0.15, -0.1) is 11.3 Å². The number of likely N-dealkylation sites (N-methyl/N-ethyl adjacent to an activating group) is 1. The lowest BCUT2D eigenvalue weighted by Gasteiger charge is -2.16. The first-order valence-electron chi connectivity index (χ1n) is 5.21. The molecule has 1 aromatic heterocycles. The highest BCUT2D eigenvalue weighted by molar-refractivity contribution is 7.16. The number of hydrogen-bond donors (Lipinski definition) is 0. The van der Waals surface area contributed by atoms with E-state index in [1.54, 1.807) is 4.90 Å². The van der Waals surface area contributed by atoms with Crippen molar-refractivity contribution >= 4 is 28.8 Å². The van der Waals surface area contributed by atoms with Crippen molar-refractivity contribution < 1.29 is 4.79 Å². The third-order valence-corrected chi connectivity index (χ3v) is 3.43. The van der Waals surface area contributed by atoms with Crippen molar-refractivity contribution in [3.63, 3.8) is 0 Å². The molecule has 0 bridgehead atoms. The molecule has 1 rings (SSSR count). The normalized spacial score (nSPS) is 11.6. The number of rotatable bonds is 4. The number of nitrogens with zero attached hydrogens (tertiary/aromatic N) is 1. The smallest absolute Gasteiger partial charge is 0.249 e. The van der Waals surface area contributed by atoms with Crippen LogP contribution in [-0.4, -0.2) is 17.9 Å². The summed E-state index contributed by atoms with van der Waals surface area (Å²) < 4.78 is 0.761. The summed E-state index contributed by atoms with van der Waals surface area (Å²) >= 11 is 7.35. The van der Waals surface area contributed by atoms with Crippen molar-refractivity contribution in [1.82, 2.24) is 4.90 Å². The Balaban J connectivity index is 2.62. The third kappa shape index (κ3) is 3.65. The van der Waals surface area contributed by atoms with E-state index < -0.39 is 0 Å². The number of allylic oxidation sites excluding steroid dienone is 1. The molecule has 0 aliphatic rings. The van der Waals surface area contributed by atoms with Gasteiger partial charge in [-0.2, -0.15) is 0 Å². The molecule has 1 heterocycles. The summed E-state index contributed by atoms with van der Waals surface area (Å²) in [6, 6.07) is 3.81. The lowest BCUT2D eigenvalue weighted by Crippen LogP contribution is -2.26. The molecule has 1 aromatic rings. The fourth-order valence-corrected chi connectivity index (χ4v) is 2.58. The Morgan fingerprint density at radius 1 is 1.56 bits per heavy atom. The topological polar surface area (TPSA) is 20.3 Å². The minimum absolute atomic E-state index is 0.0753. The van der Waals surface area contributed by atoms with Crippen LogP contribution in [0.3, 0.4) is 0 Å². The molecule has 88 valence electrons. The van der Waals surface area contributed by atoms with Crippen molar-refractivity contribution in [3.05, 3.63) is 33.0 Å². The molecule has 0 spiro atoms. The monoisotopic (exact) mass is 257 g/mol. The number of thiophene rings is 1. The lowest BCUT2D eigenvalue weighted by molar-refractivity contribution is -0.126. The largest absolute Gasteiger partial charge is 0.337 e. The van der Waals surface area contributed by atoms with Crippen LogP contribution in [0.4, 0.5) is 0 Å². The maximum Gasteiger partial charge on any atom is 0.249 e. The van der Waals surface area contributed by atoms with Gasteiger partial charge in [0.15, 0.2) is 0 Å². The van der Waals surface area contributed by atoms with Crippen molar-refractivity contribution in [3.8, 4) is 0 Å². The van der Waals surface area contributed by atoms with Gasteiger partial charge >= 0.3 is 0 Å². The van der Waals surface area contributed by atoms with Gasteiger partial charge < -0.3 is 4.90 Å². The van der Waals surface area contributed by atoms with Crippen molar-refractivity contribution in [2.45, 2.75) is 26.8 Å². The zero-order valence-electron chi connectivity index (χ0n) is 9.79. The quantitative estimate of drug-likeness (QED) is 0.753. The van der Waals surface area contributed by atoms with Crippen molar-refractivity contribution in [2.75, 3.05) is 7.05 Å². The number of amides is 1. The minimum Gasteiger partial charge on any atom is -0.337 e. The maximum absolute atomic E-state index is 11.9. The van der Waals surface area contributed by atoms with Crippen molar-refractivity contribution in [1.29, 1.82) is 0 Å². The molecular weight excluding hydrogens is 242 g/mol. The third-order valence-electron chi connectivity index (χ3n) is 2.22. The van der Waals surface area contributed by atoms with Gasteiger partial charge in [-0.05, 0) is 25.5 Å². The zero-order valence-corrected chi connectivity index (χ0v) is 11.4. The first-order chi connectivity index (χ1) is 7.54. The Kier molecular flexibility index (Phi) is 5.03. The minimum atomic E-state index is 0.0753. The van der Waals surface area contributed by atoms with Crippen LogP contribution in [-0.2, 0) is 11.3 Å². The molecule has 0 aromatic carbocycles. The molecule has 0 atom stereocenters. The number of carbonyl (C=O) groups is 1. The average Bonchev–Trinajstić information content (AvgIpc) is 2.63. The molecule has 0 aliphatic heterocycles. The summed E-state index contributed by atoms with van der Waals surface area (Å²) in [5.41, 5.74) is 0.799. The second kappa shape index (κ2) is 6.06. The molecule has 0 aliphatic carbocycles. The summed E-state index contributed by atoms with van der Waals surface area (Å²) in [6.45, 7) is 4.49. The molecule has 4 heteroatoms. The van der Waals surface area contributed by atoms with Crippen LogP contribution in [0.5, 0.6) is 0 Å². The second-order valence-electron chi connectivity index (χ2n) is 3.66. The molecule has 0 saturated carbocycles. The highest BCUT2D eigenvalue weighted by Crippen LogP contribution is 2.22. The van der Waals surface area contributed by atoms with Crippen LogP contribution < -0.4 is 0 Å². The summed E-state index contributed by atoms with van der Waals surface area (Å²) in [4.78, 5) is 14.7. The highest BCUT2D eigenvalue weighted by atomic mass is 35.5.